The Labute approximate surface area is 95.4 Å². The van der Waals surface area contributed by atoms with Crippen LogP contribution < -0.4 is 5.32 Å². The lowest BCUT2D eigenvalue weighted by molar-refractivity contribution is 0.0489. The molecule has 1 saturated heterocycles. The van der Waals surface area contributed by atoms with Crippen LogP contribution in [0.3, 0.4) is 0 Å². The topological polar surface area (TPSA) is 15.3 Å². The number of hydrogen-bond donors (Lipinski definition) is 1. The first kappa shape index (κ1) is 13.0. The SMILES string of the molecule is CCNC(C)C(C)(CC)N1CCCCC1. The van der Waals surface area contributed by atoms with Gasteiger partial charge in [-0.25, -0.2) is 0 Å². The minimum absolute atomic E-state index is 0.344. The number of nitrogens with zero attached hydrogens (tertiary/aromatic N) is 1. The molecule has 1 rings (SSSR count). The van der Waals surface area contributed by atoms with Crippen molar-refractivity contribution in [3.05, 3.63) is 0 Å². The zero-order valence-electron chi connectivity index (χ0n) is 11.0. The number of piperidine rings is 1. The Morgan fingerprint density at radius 3 is 2.27 bits per heavy atom. The molecule has 0 aromatic rings. The van der Waals surface area contributed by atoms with E-state index in [1.54, 1.807) is 0 Å². The first-order chi connectivity index (χ1) is 7.15. The molecule has 0 amide bonds. The molecule has 2 nitrogen and oxygen atoms in total. The smallest absolute Gasteiger partial charge is 0.0329 e. The van der Waals surface area contributed by atoms with Gasteiger partial charge in [-0.15, -0.1) is 0 Å². The van der Waals surface area contributed by atoms with Crippen molar-refractivity contribution in [2.45, 2.75) is 65.0 Å². The molecule has 0 spiro atoms. The molecule has 90 valence electrons. The number of hydrogen-bond acceptors (Lipinski definition) is 2. The van der Waals surface area contributed by atoms with Crippen LogP contribution in [0.25, 0.3) is 0 Å². The highest BCUT2D eigenvalue weighted by molar-refractivity contribution is 4.94. The van der Waals surface area contributed by atoms with Gasteiger partial charge in [-0.2, -0.15) is 0 Å². The van der Waals surface area contributed by atoms with Crippen LogP contribution in [-0.2, 0) is 0 Å². The van der Waals surface area contributed by atoms with Gasteiger partial charge in [-0.3, -0.25) is 4.90 Å². The molecular weight excluding hydrogens is 184 g/mol. The molecule has 1 heterocycles. The normalized spacial score (nSPS) is 24.8. The monoisotopic (exact) mass is 212 g/mol. The van der Waals surface area contributed by atoms with E-state index < -0.39 is 0 Å². The maximum Gasteiger partial charge on any atom is 0.0329 e. The van der Waals surface area contributed by atoms with Crippen molar-refractivity contribution in [2.24, 2.45) is 0 Å². The van der Waals surface area contributed by atoms with Gasteiger partial charge in [0, 0.05) is 11.6 Å². The minimum Gasteiger partial charge on any atom is -0.313 e. The average Bonchev–Trinajstić information content (AvgIpc) is 2.29. The van der Waals surface area contributed by atoms with E-state index in [1.165, 1.54) is 38.8 Å². The van der Waals surface area contributed by atoms with Crippen LogP contribution >= 0.6 is 0 Å². The van der Waals surface area contributed by atoms with Crippen LogP contribution in [0.1, 0.15) is 53.4 Å². The highest BCUT2D eigenvalue weighted by Crippen LogP contribution is 2.27. The van der Waals surface area contributed by atoms with E-state index in [4.69, 9.17) is 0 Å². The molecule has 1 aliphatic heterocycles. The summed E-state index contributed by atoms with van der Waals surface area (Å²) in [5, 5.41) is 3.59. The van der Waals surface area contributed by atoms with Gasteiger partial charge in [0.05, 0.1) is 0 Å². The zero-order valence-corrected chi connectivity index (χ0v) is 11.0. The van der Waals surface area contributed by atoms with Crippen molar-refractivity contribution in [3.63, 3.8) is 0 Å². The summed E-state index contributed by atoms with van der Waals surface area (Å²) in [6.07, 6.45) is 5.43. The van der Waals surface area contributed by atoms with E-state index >= 15 is 0 Å². The van der Waals surface area contributed by atoms with Crippen molar-refractivity contribution < 1.29 is 0 Å². The lowest BCUT2D eigenvalue weighted by atomic mass is 9.86. The van der Waals surface area contributed by atoms with Gasteiger partial charge in [0.1, 0.15) is 0 Å². The summed E-state index contributed by atoms with van der Waals surface area (Å²) >= 11 is 0. The quantitative estimate of drug-likeness (QED) is 0.753. The Morgan fingerprint density at radius 2 is 1.80 bits per heavy atom. The van der Waals surface area contributed by atoms with Crippen LogP contribution in [0, 0.1) is 0 Å². The Balaban J connectivity index is 2.63. The van der Waals surface area contributed by atoms with Crippen molar-refractivity contribution in [2.75, 3.05) is 19.6 Å². The number of nitrogens with one attached hydrogen (secondary N) is 1. The van der Waals surface area contributed by atoms with E-state index in [2.05, 4.69) is 37.9 Å². The van der Waals surface area contributed by atoms with Crippen molar-refractivity contribution in [3.8, 4) is 0 Å². The molecule has 0 aromatic heterocycles. The molecule has 0 bridgehead atoms. The fourth-order valence-electron chi connectivity index (χ4n) is 2.73. The first-order valence-electron chi connectivity index (χ1n) is 6.63. The van der Waals surface area contributed by atoms with Gasteiger partial charge in [0.15, 0.2) is 0 Å². The van der Waals surface area contributed by atoms with Gasteiger partial charge < -0.3 is 5.32 Å². The maximum atomic E-state index is 3.59. The largest absolute Gasteiger partial charge is 0.313 e. The summed E-state index contributed by atoms with van der Waals surface area (Å²) in [5.41, 5.74) is 0.344. The Bertz CT molecular complexity index is 175. The predicted molar refractivity (Wildman–Crippen MR) is 67.3 cm³/mol. The van der Waals surface area contributed by atoms with Gasteiger partial charge in [0.2, 0.25) is 0 Å². The molecular formula is C13H28N2. The molecule has 2 heteroatoms. The first-order valence-corrected chi connectivity index (χ1v) is 6.63. The molecule has 0 radical (unpaired) electrons. The molecule has 15 heavy (non-hydrogen) atoms. The second kappa shape index (κ2) is 5.86. The average molecular weight is 212 g/mol. The summed E-state index contributed by atoms with van der Waals surface area (Å²) in [7, 11) is 0. The predicted octanol–water partition coefficient (Wildman–Crippen LogP) is 2.64. The second-order valence-corrected chi connectivity index (χ2v) is 5.04. The fourth-order valence-corrected chi connectivity index (χ4v) is 2.73. The number of rotatable bonds is 5. The van der Waals surface area contributed by atoms with Crippen LogP contribution in [0.4, 0.5) is 0 Å². The summed E-state index contributed by atoms with van der Waals surface area (Å²) in [4.78, 5) is 2.70. The summed E-state index contributed by atoms with van der Waals surface area (Å²) in [5.74, 6) is 0. The van der Waals surface area contributed by atoms with Gasteiger partial charge >= 0.3 is 0 Å². The lowest BCUT2D eigenvalue weighted by Crippen LogP contribution is -2.59. The molecule has 0 saturated carbocycles. The molecule has 2 atom stereocenters. The van der Waals surface area contributed by atoms with Crippen LogP contribution in [0.15, 0.2) is 0 Å². The maximum absolute atomic E-state index is 3.59. The van der Waals surface area contributed by atoms with Crippen molar-refractivity contribution in [1.29, 1.82) is 0 Å². The molecule has 1 fully saturated rings. The molecule has 0 aliphatic carbocycles. The third kappa shape index (κ3) is 2.94. The zero-order chi connectivity index (χ0) is 11.3. The van der Waals surface area contributed by atoms with Crippen LogP contribution in [0.5, 0.6) is 0 Å². The number of likely N-dealkylation sites (N-methyl/N-ethyl adjacent to an activating group) is 1. The Kier molecular flexibility index (Phi) is 5.07. The van der Waals surface area contributed by atoms with Gasteiger partial charge in [0.25, 0.3) is 0 Å². The summed E-state index contributed by atoms with van der Waals surface area (Å²) in [6, 6.07) is 0.589. The summed E-state index contributed by atoms with van der Waals surface area (Å²) in [6.45, 7) is 12.9. The molecule has 1 N–H and O–H groups in total. The second-order valence-electron chi connectivity index (χ2n) is 5.04. The minimum atomic E-state index is 0.344. The highest BCUT2D eigenvalue weighted by Gasteiger charge is 2.35. The van der Waals surface area contributed by atoms with E-state index in [1.807, 2.05) is 0 Å². The highest BCUT2D eigenvalue weighted by atomic mass is 15.2. The molecule has 1 aliphatic rings. The van der Waals surface area contributed by atoms with Crippen molar-refractivity contribution >= 4 is 0 Å². The van der Waals surface area contributed by atoms with E-state index in [0.717, 1.165) is 6.54 Å². The van der Waals surface area contributed by atoms with Crippen LogP contribution in [0.2, 0.25) is 0 Å². The van der Waals surface area contributed by atoms with E-state index in [-0.39, 0.29) is 0 Å². The molecule has 2 unspecified atom stereocenters. The van der Waals surface area contributed by atoms with Crippen molar-refractivity contribution in [1.82, 2.24) is 10.2 Å². The van der Waals surface area contributed by atoms with E-state index in [9.17, 15) is 0 Å². The summed E-state index contributed by atoms with van der Waals surface area (Å²) < 4.78 is 0. The van der Waals surface area contributed by atoms with Gasteiger partial charge in [-0.05, 0) is 52.7 Å². The van der Waals surface area contributed by atoms with E-state index in [0.29, 0.717) is 11.6 Å². The lowest BCUT2D eigenvalue weighted by Gasteiger charge is -2.47. The van der Waals surface area contributed by atoms with Crippen LogP contribution in [-0.4, -0.2) is 36.1 Å². The third-order valence-corrected chi connectivity index (χ3v) is 4.24. The fraction of sp³-hybridized carbons (Fsp3) is 1.00. The standard InChI is InChI=1S/C13H28N2/c1-5-13(4,12(3)14-6-2)15-10-8-7-9-11-15/h12,14H,5-11H2,1-4H3. The Morgan fingerprint density at radius 1 is 1.20 bits per heavy atom. The van der Waals surface area contributed by atoms with Gasteiger partial charge in [-0.1, -0.05) is 20.3 Å². The third-order valence-electron chi connectivity index (χ3n) is 4.24. The Hall–Kier alpha value is -0.0800. The number of likely N-dealkylation sites (tertiary alicyclic amines) is 1. The molecule has 0 aromatic carbocycles.